The summed E-state index contributed by atoms with van der Waals surface area (Å²) in [7, 11) is -3.74. The number of amides is 1. The van der Waals surface area contributed by atoms with Crippen molar-refractivity contribution in [3.63, 3.8) is 0 Å². The van der Waals surface area contributed by atoms with Crippen molar-refractivity contribution in [2.75, 3.05) is 6.61 Å². The third-order valence-electron chi connectivity index (χ3n) is 5.19. The molecule has 0 heterocycles. The highest BCUT2D eigenvalue weighted by molar-refractivity contribution is 7.91. The fourth-order valence-corrected chi connectivity index (χ4v) is 4.48. The van der Waals surface area contributed by atoms with Crippen LogP contribution in [0, 0.1) is 11.3 Å². The normalized spacial score (nSPS) is 27.3. The van der Waals surface area contributed by atoms with Crippen LogP contribution in [0.2, 0.25) is 0 Å². The van der Waals surface area contributed by atoms with Gasteiger partial charge in [0.2, 0.25) is 15.9 Å². The second-order valence-corrected chi connectivity index (χ2v) is 9.14. The maximum atomic E-state index is 12.6. The first-order chi connectivity index (χ1) is 11.3. The Morgan fingerprint density at radius 3 is 2.58 bits per heavy atom. The Labute approximate surface area is 143 Å². The van der Waals surface area contributed by atoms with Gasteiger partial charge in [-0.15, -0.1) is 6.58 Å². The Bertz CT molecular complexity index is 740. The molecule has 0 spiro atoms. The minimum atomic E-state index is -3.74. The quantitative estimate of drug-likeness (QED) is 0.732. The van der Waals surface area contributed by atoms with Crippen molar-refractivity contribution in [3.05, 3.63) is 48.6 Å². The lowest BCUT2D eigenvalue weighted by Crippen LogP contribution is -2.45. The first kappa shape index (κ1) is 17.2. The molecule has 24 heavy (non-hydrogen) atoms. The predicted octanol–water partition coefficient (Wildman–Crippen LogP) is 2.39. The van der Waals surface area contributed by atoms with Gasteiger partial charge in [0.15, 0.2) is 0 Å². The standard InChI is InChI=1S/C18H23NO4S/c1-3-15-11-17(15,2)16(20)19-24(21,22)18(9-10-18)13-23-12-14-7-5-4-6-8-14/h3-8,15H,1,9-13H2,2H3,(H,19,20)/t15-,17+/m1/s1. The average Bonchev–Trinajstić information content (AvgIpc) is 3.45. The SMILES string of the molecule is C=C[C@@H]1C[C@]1(C)C(=O)NS(=O)(=O)C1(COCc2ccccc2)CC1. The molecule has 0 saturated heterocycles. The summed E-state index contributed by atoms with van der Waals surface area (Å²) >= 11 is 0. The molecule has 0 bridgehead atoms. The lowest BCUT2D eigenvalue weighted by atomic mass is 10.1. The Hall–Kier alpha value is -1.66. The van der Waals surface area contributed by atoms with Crippen molar-refractivity contribution in [1.29, 1.82) is 0 Å². The van der Waals surface area contributed by atoms with Gasteiger partial charge in [-0.05, 0) is 30.7 Å². The minimum absolute atomic E-state index is 0.0529. The molecule has 0 aliphatic heterocycles. The maximum absolute atomic E-state index is 12.6. The first-order valence-electron chi connectivity index (χ1n) is 8.14. The number of ether oxygens (including phenoxy) is 1. The minimum Gasteiger partial charge on any atom is -0.375 e. The zero-order valence-corrected chi connectivity index (χ0v) is 14.6. The van der Waals surface area contributed by atoms with Gasteiger partial charge in [-0.2, -0.15) is 0 Å². The van der Waals surface area contributed by atoms with Crippen molar-refractivity contribution in [1.82, 2.24) is 4.72 Å². The van der Waals surface area contributed by atoms with Crippen molar-refractivity contribution in [3.8, 4) is 0 Å². The summed E-state index contributed by atoms with van der Waals surface area (Å²) in [5.41, 5.74) is 0.351. The van der Waals surface area contributed by atoms with Crippen LogP contribution in [0.5, 0.6) is 0 Å². The molecular weight excluding hydrogens is 326 g/mol. The van der Waals surface area contributed by atoms with Crippen molar-refractivity contribution < 1.29 is 17.9 Å². The first-order valence-corrected chi connectivity index (χ1v) is 9.62. The predicted molar refractivity (Wildman–Crippen MR) is 91.5 cm³/mol. The van der Waals surface area contributed by atoms with E-state index in [-0.39, 0.29) is 12.5 Å². The number of nitrogens with one attached hydrogen (secondary N) is 1. The molecular formula is C18H23NO4S. The van der Waals surface area contributed by atoms with Crippen LogP contribution in [0.25, 0.3) is 0 Å². The molecule has 1 amide bonds. The second-order valence-electron chi connectivity index (χ2n) is 7.06. The number of allylic oxidation sites excluding steroid dienone is 1. The third kappa shape index (κ3) is 3.13. The van der Waals surface area contributed by atoms with E-state index in [9.17, 15) is 13.2 Å². The summed E-state index contributed by atoms with van der Waals surface area (Å²) in [6.07, 6.45) is 3.40. The van der Waals surface area contributed by atoms with Gasteiger partial charge in [0.25, 0.3) is 0 Å². The van der Waals surface area contributed by atoms with Gasteiger partial charge in [0, 0.05) is 0 Å². The molecule has 0 unspecified atom stereocenters. The fourth-order valence-electron chi connectivity index (χ4n) is 2.91. The van der Waals surface area contributed by atoms with E-state index in [1.807, 2.05) is 30.3 Å². The molecule has 2 fully saturated rings. The molecule has 0 aromatic heterocycles. The van der Waals surface area contributed by atoms with E-state index in [1.54, 1.807) is 13.0 Å². The number of benzene rings is 1. The van der Waals surface area contributed by atoms with Gasteiger partial charge in [-0.1, -0.05) is 43.3 Å². The Balaban J connectivity index is 1.58. The van der Waals surface area contributed by atoms with E-state index in [0.29, 0.717) is 25.9 Å². The van der Waals surface area contributed by atoms with E-state index >= 15 is 0 Å². The van der Waals surface area contributed by atoms with Gasteiger partial charge in [-0.25, -0.2) is 8.42 Å². The zero-order chi connectivity index (χ0) is 17.4. The van der Waals surface area contributed by atoms with Crippen molar-refractivity contribution in [2.45, 2.75) is 37.5 Å². The van der Waals surface area contributed by atoms with E-state index in [0.717, 1.165) is 5.56 Å². The number of hydrogen-bond donors (Lipinski definition) is 1. The van der Waals surface area contributed by atoms with Crippen LogP contribution < -0.4 is 4.72 Å². The molecule has 6 heteroatoms. The number of hydrogen-bond acceptors (Lipinski definition) is 4. The number of rotatable bonds is 8. The summed E-state index contributed by atoms with van der Waals surface area (Å²) in [4.78, 5) is 12.3. The summed E-state index contributed by atoms with van der Waals surface area (Å²) in [5, 5.41) is 0. The molecule has 130 valence electrons. The van der Waals surface area contributed by atoms with Gasteiger partial charge < -0.3 is 4.74 Å². The lowest BCUT2D eigenvalue weighted by Gasteiger charge is -2.19. The van der Waals surface area contributed by atoms with E-state index in [1.165, 1.54) is 0 Å². The van der Waals surface area contributed by atoms with E-state index in [2.05, 4.69) is 11.3 Å². The molecule has 2 atom stereocenters. The Morgan fingerprint density at radius 1 is 1.38 bits per heavy atom. The summed E-state index contributed by atoms with van der Waals surface area (Å²) in [6, 6.07) is 9.60. The monoisotopic (exact) mass is 349 g/mol. The van der Waals surface area contributed by atoms with Gasteiger partial charge in [0.05, 0.1) is 18.6 Å². The highest BCUT2D eigenvalue weighted by atomic mass is 32.2. The molecule has 1 aromatic rings. The summed E-state index contributed by atoms with van der Waals surface area (Å²) in [5.74, 6) is -0.376. The molecule has 2 saturated carbocycles. The third-order valence-corrected chi connectivity index (χ3v) is 7.31. The Kier molecular flexibility index (Phi) is 4.30. The molecule has 2 aliphatic carbocycles. The highest BCUT2D eigenvalue weighted by Gasteiger charge is 2.59. The molecule has 2 aliphatic rings. The molecule has 1 aromatic carbocycles. The number of carbonyl (C=O) groups is 1. The van der Waals surface area contributed by atoms with Crippen LogP contribution in [0.1, 0.15) is 31.7 Å². The average molecular weight is 349 g/mol. The number of sulfonamides is 1. The fraction of sp³-hybridized carbons (Fsp3) is 0.500. The summed E-state index contributed by atoms with van der Waals surface area (Å²) in [6.45, 7) is 5.92. The van der Waals surface area contributed by atoms with Crippen molar-refractivity contribution in [2.24, 2.45) is 11.3 Å². The maximum Gasteiger partial charge on any atom is 0.242 e. The van der Waals surface area contributed by atoms with Crippen LogP contribution in [-0.2, 0) is 26.2 Å². The summed E-state index contributed by atoms with van der Waals surface area (Å²) < 4.78 is 32.1. The van der Waals surface area contributed by atoms with E-state index < -0.39 is 26.1 Å². The van der Waals surface area contributed by atoms with Crippen LogP contribution in [-0.4, -0.2) is 25.7 Å². The smallest absolute Gasteiger partial charge is 0.242 e. The van der Waals surface area contributed by atoms with Crippen molar-refractivity contribution >= 4 is 15.9 Å². The van der Waals surface area contributed by atoms with E-state index in [4.69, 9.17) is 4.74 Å². The second kappa shape index (κ2) is 6.01. The molecule has 3 rings (SSSR count). The van der Waals surface area contributed by atoms with Crippen LogP contribution >= 0.6 is 0 Å². The number of carbonyl (C=O) groups excluding carboxylic acids is 1. The zero-order valence-electron chi connectivity index (χ0n) is 13.8. The largest absolute Gasteiger partial charge is 0.375 e. The molecule has 5 nitrogen and oxygen atoms in total. The molecule has 1 N–H and O–H groups in total. The van der Waals surface area contributed by atoms with Gasteiger partial charge in [0.1, 0.15) is 4.75 Å². The van der Waals surface area contributed by atoms with Crippen LogP contribution in [0.3, 0.4) is 0 Å². The Morgan fingerprint density at radius 2 is 2.04 bits per heavy atom. The highest BCUT2D eigenvalue weighted by Crippen LogP contribution is 2.53. The van der Waals surface area contributed by atoms with Crippen LogP contribution in [0.15, 0.2) is 43.0 Å². The van der Waals surface area contributed by atoms with Gasteiger partial charge in [-0.3, -0.25) is 9.52 Å². The topological polar surface area (TPSA) is 72.5 Å². The lowest BCUT2D eigenvalue weighted by molar-refractivity contribution is -0.124. The molecule has 0 radical (unpaired) electrons. The van der Waals surface area contributed by atoms with Gasteiger partial charge >= 0.3 is 0 Å². The van der Waals surface area contributed by atoms with Crippen LogP contribution in [0.4, 0.5) is 0 Å².